The van der Waals surface area contributed by atoms with E-state index < -0.39 is 0 Å². The van der Waals surface area contributed by atoms with E-state index in [4.69, 9.17) is 0 Å². The molecule has 0 atom stereocenters. The lowest BCUT2D eigenvalue weighted by atomic mass is 10.1. The van der Waals surface area contributed by atoms with Gasteiger partial charge in [-0.2, -0.15) is 0 Å². The summed E-state index contributed by atoms with van der Waals surface area (Å²) in [6.07, 6.45) is 2.07. The van der Waals surface area contributed by atoms with Crippen molar-refractivity contribution in [2.75, 3.05) is 25.9 Å². The summed E-state index contributed by atoms with van der Waals surface area (Å²) in [6.45, 7) is 6.47. The predicted molar refractivity (Wildman–Crippen MR) is 132 cm³/mol. The Balaban J connectivity index is 0.00000420. The Hall–Kier alpha value is -1.94. The van der Waals surface area contributed by atoms with Crippen LogP contribution < -0.4 is 16.0 Å². The lowest BCUT2D eigenvalue weighted by molar-refractivity contribution is 0.0954. The van der Waals surface area contributed by atoms with Crippen LogP contribution >= 0.6 is 35.7 Å². The fourth-order valence-corrected chi connectivity index (χ4v) is 3.26. The number of amides is 1. The lowest BCUT2D eigenvalue weighted by Gasteiger charge is -2.13. The number of carbonyl (C=O) groups is 1. The molecule has 0 radical (unpaired) electrons. The molecule has 0 saturated heterocycles. The van der Waals surface area contributed by atoms with E-state index in [2.05, 4.69) is 52.3 Å². The number of phenols is 1. The number of rotatable bonds is 8. The zero-order chi connectivity index (χ0) is 20.4. The molecule has 0 bridgehead atoms. The van der Waals surface area contributed by atoms with Gasteiger partial charge in [0.05, 0.1) is 6.54 Å². The fraction of sp³-hybridized carbons (Fsp3) is 0.333. The Morgan fingerprint density at radius 3 is 2.41 bits per heavy atom. The molecule has 4 N–H and O–H groups in total. The number of carbonyl (C=O) groups excluding carboxylic acids is 1. The molecule has 0 fully saturated rings. The number of halogens is 1. The van der Waals surface area contributed by atoms with Crippen molar-refractivity contribution in [1.29, 1.82) is 0 Å². The van der Waals surface area contributed by atoms with Crippen molar-refractivity contribution in [2.24, 2.45) is 4.99 Å². The molecule has 0 spiro atoms. The third kappa shape index (κ3) is 8.53. The molecule has 1 amide bonds. The molecule has 29 heavy (non-hydrogen) atoms. The number of hydrogen-bond acceptors (Lipinski definition) is 4. The third-order valence-electron chi connectivity index (χ3n) is 4.03. The molecule has 0 heterocycles. The van der Waals surface area contributed by atoms with Gasteiger partial charge in [-0.05, 0) is 61.6 Å². The number of aryl methyl sites for hydroxylation is 1. The first-order valence-corrected chi connectivity index (χ1v) is 10.5. The molecule has 0 aliphatic heterocycles. The van der Waals surface area contributed by atoms with Crippen LogP contribution in [0.25, 0.3) is 0 Å². The molecule has 2 aromatic rings. The second-order valence-corrected chi connectivity index (χ2v) is 7.09. The van der Waals surface area contributed by atoms with Crippen molar-refractivity contribution in [2.45, 2.75) is 25.3 Å². The van der Waals surface area contributed by atoms with Crippen molar-refractivity contribution in [3.63, 3.8) is 0 Å². The van der Waals surface area contributed by atoms with Crippen LogP contribution in [0, 0.1) is 6.92 Å². The molecule has 8 heteroatoms. The van der Waals surface area contributed by atoms with Crippen LogP contribution in [-0.4, -0.2) is 42.9 Å². The maximum atomic E-state index is 12.1. The predicted octanol–water partition coefficient (Wildman–Crippen LogP) is 3.53. The Morgan fingerprint density at radius 1 is 1.07 bits per heavy atom. The molecule has 6 nitrogen and oxygen atoms in total. The van der Waals surface area contributed by atoms with Crippen molar-refractivity contribution >= 4 is 47.6 Å². The monoisotopic (exact) mass is 528 g/mol. The summed E-state index contributed by atoms with van der Waals surface area (Å²) in [5.74, 6) is 0.685. The summed E-state index contributed by atoms with van der Waals surface area (Å²) in [7, 11) is 0. The first-order chi connectivity index (χ1) is 13.5. The number of thioether (sulfide) groups is 1. The number of hydrogen-bond donors (Lipinski definition) is 4. The largest absolute Gasteiger partial charge is 0.508 e. The van der Waals surface area contributed by atoms with Gasteiger partial charge in [0.15, 0.2) is 5.96 Å². The van der Waals surface area contributed by atoms with Gasteiger partial charge in [-0.1, -0.05) is 12.1 Å². The lowest BCUT2D eigenvalue weighted by Crippen LogP contribution is -2.41. The summed E-state index contributed by atoms with van der Waals surface area (Å²) in [5.41, 5.74) is 2.95. The van der Waals surface area contributed by atoms with Gasteiger partial charge in [0.1, 0.15) is 5.75 Å². The highest BCUT2D eigenvalue weighted by molar-refractivity contribution is 14.0. The number of benzene rings is 2. The van der Waals surface area contributed by atoms with E-state index >= 15 is 0 Å². The number of aliphatic imine (C=N–C) groups is 1. The van der Waals surface area contributed by atoms with Crippen LogP contribution in [0.2, 0.25) is 0 Å². The smallest absolute Gasteiger partial charge is 0.251 e. The highest BCUT2D eigenvalue weighted by atomic mass is 127. The second kappa shape index (κ2) is 13.3. The van der Waals surface area contributed by atoms with Gasteiger partial charge >= 0.3 is 0 Å². The third-order valence-corrected chi connectivity index (χ3v) is 4.85. The van der Waals surface area contributed by atoms with E-state index in [1.807, 2.05) is 6.92 Å². The highest BCUT2D eigenvalue weighted by Crippen LogP contribution is 2.22. The zero-order valence-corrected chi connectivity index (χ0v) is 20.1. The average molecular weight is 528 g/mol. The highest BCUT2D eigenvalue weighted by Gasteiger charge is 2.05. The standard InChI is InChI=1S/C21H28N4O2S.HI/c1-4-22-21(25-14-17-6-5-15(2)13-19(17)28-3)24-12-11-23-20(27)16-7-9-18(26)10-8-16;/h5-10,13,26H,4,11-12,14H2,1-3H3,(H,23,27)(H2,22,24,25);1H. The summed E-state index contributed by atoms with van der Waals surface area (Å²) in [4.78, 5) is 18.0. The minimum Gasteiger partial charge on any atom is -0.508 e. The molecule has 0 saturated carbocycles. The van der Waals surface area contributed by atoms with Crippen molar-refractivity contribution < 1.29 is 9.90 Å². The molecule has 0 aromatic heterocycles. The minimum absolute atomic E-state index is 0. The maximum Gasteiger partial charge on any atom is 0.251 e. The molecule has 2 aromatic carbocycles. The Morgan fingerprint density at radius 2 is 1.76 bits per heavy atom. The van der Waals surface area contributed by atoms with Gasteiger partial charge in [0, 0.05) is 30.1 Å². The van der Waals surface area contributed by atoms with Gasteiger partial charge < -0.3 is 21.1 Å². The SMILES string of the molecule is CCNC(=NCc1ccc(C)cc1SC)NCCNC(=O)c1ccc(O)cc1.I. The van der Waals surface area contributed by atoms with Gasteiger partial charge in [0.2, 0.25) is 0 Å². The van der Waals surface area contributed by atoms with E-state index in [1.54, 1.807) is 23.9 Å². The number of aromatic hydroxyl groups is 1. The first kappa shape index (κ1) is 25.1. The van der Waals surface area contributed by atoms with Crippen LogP contribution in [0.15, 0.2) is 52.4 Å². The summed E-state index contributed by atoms with van der Waals surface area (Å²) in [6, 6.07) is 12.6. The molecule has 0 aliphatic carbocycles. The molecular weight excluding hydrogens is 499 g/mol. The quantitative estimate of drug-likeness (QED) is 0.139. The summed E-state index contributed by atoms with van der Waals surface area (Å²) >= 11 is 1.72. The number of guanidine groups is 1. The van der Waals surface area contributed by atoms with Crippen LogP contribution in [0.5, 0.6) is 5.75 Å². The molecule has 2 rings (SSSR count). The Kier molecular flexibility index (Phi) is 11.5. The number of phenolic OH excluding ortho intramolecular Hbond substituents is 1. The topological polar surface area (TPSA) is 85.8 Å². The van der Waals surface area contributed by atoms with Gasteiger partial charge in [0.25, 0.3) is 5.91 Å². The number of nitrogens with zero attached hydrogens (tertiary/aromatic N) is 1. The van der Waals surface area contributed by atoms with Crippen molar-refractivity contribution in [1.82, 2.24) is 16.0 Å². The van der Waals surface area contributed by atoms with E-state index in [-0.39, 0.29) is 35.6 Å². The van der Waals surface area contributed by atoms with E-state index in [0.717, 1.165) is 6.54 Å². The number of nitrogens with one attached hydrogen (secondary N) is 3. The first-order valence-electron chi connectivity index (χ1n) is 9.26. The zero-order valence-electron chi connectivity index (χ0n) is 17.0. The molecular formula is C21H29IN4O2S. The maximum absolute atomic E-state index is 12.1. The van der Waals surface area contributed by atoms with Crippen LogP contribution in [0.1, 0.15) is 28.4 Å². The van der Waals surface area contributed by atoms with Gasteiger partial charge in [-0.25, -0.2) is 4.99 Å². The summed E-state index contributed by atoms with van der Waals surface area (Å²) in [5, 5.41) is 18.6. The van der Waals surface area contributed by atoms with Gasteiger partial charge in [-0.3, -0.25) is 4.79 Å². The van der Waals surface area contributed by atoms with E-state index in [9.17, 15) is 9.90 Å². The van der Waals surface area contributed by atoms with E-state index in [1.165, 1.54) is 28.2 Å². The second-order valence-electron chi connectivity index (χ2n) is 6.24. The van der Waals surface area contributed by atoms with Gasteiger partial charge in [-0.15, -0.1) is 35.7 Å². The van der Waals surface area contributed by atoms with Crippen LogP contribution in [-0.2, 0) is 6.54 Å². The van der Waals surface area contributed by atoms with Crippen molar-refractivity contribution in [3.8, 4) is 5.75 Å². The normalized spacial score (nSPS) is 10.8. The van der Waals surface area contributed by atoms with E-state index in [0.29, 0.717) is 31.2 Å². The minimum atomic E-state index is -0.173. The fourth-order valence-electron chi connectivity index (χ4n) is 2.56. The molecule has 158 valence electrons. The summed E-state index contributed by atoms with van der Waals surface area (Å²) < 4.78 is 0. The molecule has 0 unspecified atom stereocenters. The Bertz CT molecular complexity index is 813. The Labute approximate surface area is 194 Å². The van der Waals surface area contributed by atoms with Crippen molar-refractivity contribution in [3.05, 3.63) is 59.2 Å². The molecule has 0 aliphatic rings. The van der Waals surface area contributed by atoms with Crippen LogP contribution in [0.3, 0.4) is 0 Å². The average Bonchev–Trinajstić information content (AvgIpc) is 2.70. The van der Waals surface area contributed by atoms with Crippen LogP contribution in [0.4, 0.5) is 0 Å².